The minimum atomic E-state index is -3.57. The van der Waals surface area contributed by atoms with Crippen LogP contribution >= 0.6 is 0 Å². The van der Waals surface area contributed by atoms with Crippen molar-refractivity contribution >= 4 is 27.5 Å². The molecule has 0 spiro atoms. The normalized spacial score (nSPS) is 12.7. The van der Waals surface area contributed by atoms with Crippen LogP contribution in [0.1, 0.15) is 49.8 Å². The number of rotatable bonds is 15. The van der Waals surface area contributed by atoms with E-state index in [2.05, 4.69) is 5.32 Å². The van der Waals surface area contributed by atoms with E-state index in [4.69, 9.17) is 4.74 Å². The number of benzene rings is 3. The fourth-order valence-electron chi connectivity index (χ4n) is 4.75. The number of aryl methyl sites for hydroxylation is 1. The van der Waals surface area contributed by atoms with Crippen molar-refractivity contribution < 1.29 is 22.7 Å². The first-order chi connectivity index (χ1) is 20.0. The summed E-state index contributed by atoms with van der Waals surface area (Å²) >= 11 is 0. The molecule has 1 N–H and O–H groups in total. The molecular weight excluding hydrogens is 550 g/mol. The summed E-state index contributed by atoms with van der Waals surface area (Å²) in [6.07, 6.45) is 2.63. The van der Waals surface area contributed by atoms with Crippen molar-refractivity contribution in [1.29, 1.82) is 0 Å². The van der Waals surface area contributed by atoms with Gasteiger partial charge in [-0.3, -0.25) is 13.9 Å². The zero-order chi connectivity index (χ0) is 30.7. The standard InChI is InChI=1S/C33H43N3O5S/c1-6-26(3)34-33(38)31(23-27-14-8-7-9-15-27)35(24-28-16-11-18-30(22-28)41-4)32(37)19-12-20-36(42(5,39)40)29-17-10-13-25(2)21-29/h7-11,13-18,21-22,26,31H,6,12,19-20,23-24H2,1-5H3,(H,34,38). The van der Waals surface area contributed by atoms with Gasteiger partial charge in [0.25, 0.3) is 0 Å². The molecule has 0 aliphatic heterocycles. The van der Waals surface area contributed by atoms with Crippen molar-refractivity contribution in [3.63, 3.8) is 0 Å². The molecule has 9 heteroatoms. The Bertz CT molecular complexity index is 1430. The van der Waals surface area contributed by atoms with Gasteiger partial charge < -0.3 is 15.0 Å². The summed E-state index contributed by atoms with van der Waals surface area (Å²) in [4.78, 5) is 29.3. The lowest BCUT2D eigenvalue weighted by molar-refractivity contribution is -0.141. The van der Waals surface area contributed by atoms with Crippen LogP contribution in [-0.4, -0.2) is 57.1 Å². The van der Waals surface area contributed by atoms with E-state index in [-0.39, 0.29) is 37.4 Å². The summed E-state index contributed by atoms with van der Waals surface area (Å²) in [5, 5.41) is 3.07. The van der Waals surface area contributed by atoms with Gasteiger partial charge in [0.1, 0.15) is 11.8 Å². The molecule has 2 atom stereocenters. The van der Waals surface area contributed by atoms with E-state index < -0.39 is 16.1 Å². The van der Waals surface area contributed by atoms with E-state index in [0.717, 1.165) is 23.1 Å². The lowest BCUT2D eigenvalue weighted by Gasteiger charge is -2.33. The van der Waals surface area contributed by atoms with E-state index in [0.29, 0.717) is 24.3 Å². The van der Waals surface area contributed by atoms with Crippen LogP contribution in [0.4, 0.5) is 5.69 Å². The topological polar surface area (TPSA) is 96.0 Å². The summed E-state index contributed by atoms with van der Waals surface area (Å²) in [6, 6.07) is 23.6. The number of amides is 2. The minimum absolute atomic E-state index is 0.0535. The number of sulfonamides is 1. The first kappa shape index (κ1) is 32.7. The van der Waals surface area contributed by atoms with Crippen LogP contribution in [-0.2, 0) is 32.6 Å². The van der Waals surface area contributed by atoms with Crippen LogP contribution in [0.15, 0.2) is 78.9 Å². The van der Waals surface area contributed by atoms with E-state index in [9.17, 15) is 18.0 Å². The SMILES string of the molecule is CCC(C)NC(=O)C(Cc1ccccc1)N(Cc1cccc(OC)c1)C(=O)CCCN(c1cccc(C)c1)S(C)(=O)=O. The lowest BCUT2D eigenvalue weighted by atomic mass is 10.0. The predicted octanol–water partition coefficient (Wildman–Crippen LogP) is 5.10. The maximum absolute atomic E-state index is 14.0. The number of ether oxygens (including phenoxy) is 1. The second-order valence-electron chi connectivity index (χ2n) is 10.7. The van der Waals surface area contributed by atoms with Crippen LogP contribution in [0.3, 0.4) is 0 Å². The first-order valence-corrected chi connectivity index (χ1v) is 16.2. The molecule has 0 saturated carbocycles. The molecule has 0 heterocycles. The number of nitrogens with one attached hydrogen (secondary N) is 1. The van der Waals surface area contributed by atoms with E-state index >= 15 is 0 Å². The Labute approximate surface area is 250 Å². The Kier molecular flexibility index (Phi) is 12.0. The Hall–Kier alpha value is -3.85. The minimum Gasteiger partial charge on any atom is -0.497 e. The molecule has 0 aliphatic carbocycles. The predicted molar refractivity (Wildman–Crippen MR) is 168 cm³/mol. The van der Waals surface area contributed by atoms with E-state index in [1.54, 1.807) is 18.1 Å². The largest absolute Gasteiger partial charge is 0.497 e. The fraction of sp³-hybridized carbons (Fsp3) is 0.394. The number of carbonyl (C=O) groups excluding carboxylic acids is 2. The van der Waals surface area contributed by atoms with Gasteiger partial charge in [0.15, 0.2) is 0 Å². The maximum Gasteiger partial charge on any atom is 0.243 e. The van der Waals surface area contributed by atoms with Crippen LogP contribution in [0.5, 0.6) is 5.75 Å². The summed E-state index contributed by atoms with van der Waals surface area (Å²) in [6.45, 7) is 6.19. The maximum atomic E-state index is 14.0. The van der Waals surface area contributed by atoms with Gasteiger partial charge >= 0.3 is 0 Å². The van der Waals surface area contributed by atoms with Gasteiger partial charge in [-0.15, -0.1) is 0 Å². The molecule has 0 aromatic heterocycles. The van der Waals surface area contributed by atoms with Gasteiger partial charge in [0.05, 0.1) is 19.1 Å². The summed E-state index contributed by atoms with van der Waals surface area (Å²) in [5.41, 5.74) is 3.27. The third-order valence-corrected chi connectivity index (χ3v) is 8.40. The molecule has 0 bridgehead atoms. The molecule has 0 radical (unpaired) electrons. The van der Waals surface area contributed by atoms with Gasteiger partial charge in [-0.2, -0.15) is 0 Å². The van der Waals surface area contributed by atoms with Gasteiger partial charge in [0, 0.05) is 32.0 Å². The van der Waals surface area contributed by atoms with E-state index in [1.807, 2.05) is 93.6 Å². The zero-order valence-electron chi connectivity index (χ0n) is 25.2. The third-order valence-electron chi connectivity index (χ3n) is 7.20. The zero-order valence-corrected chi connectivity index (χ0v) is 26.1. The number of nitrogens with zero attached hydrogens (tertiary/aromatic N) is 2. The van der Waals surface area contributed by atoms with Crippen molar-refractivity contribution in [2.45, 2.75) is 65.1 Å². The second kappa shape index (κ2) is 15.4. The Balaban J connectivity index is 1.91. The summed E-state index contributed by atoms with van der Waals surface area (Å²) < 4.78 is 32.0. The smallest absolute Gasteiger partial charge is 0.243 e. The van der Waals surface area contributed by atoms with Crippen LogP contribution in [0, 0.1) is 6.92 Å². The highest BCUT2D eigenvalue weighted by atomic mass is 32.2. The molecule has 226 valence electrons. The molecule has 3 aromatic carbocycles. The average Bonchev–Trinajstić information content (AvgIpc) is 2.96. The summed E-state index contributed by atoms with van der Waals surface area (Å²) in [5.74, 6) is 0.211. The van der Waals surface area contributed by atoms with E-state index in [1.165, 1.54) is 10.6 Å². The third kappa shape index (κ3) is 9.62. The Morgan fingerprint density at radius 2 is 1.64 bits per heavy atom. The van der Waals surface area contributed by atoms with Crippen LogP contribution in [0.2, 0.25) is 0 Å². The fourth-order valence-corrected chi connectivity index (χ4v) is 5.71. The first-order valence-electron chi connectivity index (χ1n) is 14.3. The number of hydrogen-bond acceptors (Lipinski definition) is 5. The number of anilines is 1. The Morgan fingerprint density at radius 1 is 0.952 bits per heavy atom. The molecule has 0 fully saturated rings. The number of carbonyl (C=O) groups is 2. The van der Waals surface area contributed by atoms with Crippen LogP contribution in [0.25, 0.3) is 0 Å². The molecule has 0 aliphatic rings. The van der Waals surface area contributed by atoms with Gasteiger partial charge in [-0.25, -0.2) is 8.42 Å². The summed E-state index contributed by atoms with van der Waals surface area (Å²) in [7, 11) is -1.98. The second-order valence-corrected chi connectivity index (χ2v) is 12.6. The quantitative estimate of drug-likeness (QED) is 0.264. The molecule has 8 nitrogen and oxygen atoms in total. The van der Waals surface area contributed by atoms with Crippen molar-refractivity contribution in [1.82, 2.24) is 10.2 Å². The Morgan fingerprint density at radius 3 is 2.29 bits per heavy atom. The molecule has 2 amide bonds. The molecule has 3 rings (SSSR count). The van der Waals surface area contributed by atoms with Crippen molar-refractivity contribution in [3.05, 3.63) is 95.6 Å². The lowest BCUT2D eigenvalue weighted by Crippen LogP contribution is -2.52. The van der Waals surface area contributed by atoms with Gasteiger partial charge in [-0.05, 0) is 67.6 Å². The number of methoxy groups -OCH3 is 1. The van der Waals surface area contributed by atoms with Crippen molar-refractivity contribution in [3.8, 4) is 5.75 Å². The van der Waals surface area contributed by atoms with Crippen LogP contribution < -0.4 is 14.4 Å². The molecule has 3 aromatic rings. The van der Waals surface area contributed by atoms with Crippen molar-refractivity contribution in [2.75, 3.05) is 24.2 Å². The van der Waals surface area contributed by atoms with Gasteiger partial charge in [-0.1, -0.05) is 61.5 Å². The molecule has 2 unspecified atom stereocenters. The highest BCUT2D eigenvalue weighted by Gasteiger charge is 2.31. The number of hydrogen-bond donors (Lipinski definition) is 1. The molecular formula is C33H43N3O5S. The molecule has 42 heavy (non-hydrogen) atoms. The average molecular weight is 594 g/mol. The molecule has 0 saturated heterocycles. The van der Waals surface area contributed by atoms with Crippen molar-refractivity contribution in [2.24, 2.45) is 0 Å². The highest BCUT2D eigenvalue weighted by molar-refractivity contribution is 7.92. The monoisotopic (exact) mass is 593 g/mol. The highest BCUT2D eigenvalue weighted by Crippen LogP contribution is 2.22. The van der Waals surface area contributed by atoms with Gasteiger partial charge in [0.2, 0.25) is 21.8 Å².